The van der Waals surface area contributed by atoms with Crippen molar-refractivity contribution in [2.24, 2.45) is 17.8 Å². The lowest BCUT2D eigenvalue weighted by Gasteiger charge is -2.30. The second kappa shape index (κ2) is 5.77. The molecule has 0 bridgehead atoms. The number of rotatable bonds is 3. The second-order valence-electron chi connectivity index (χ2n) is 6.18. The van der Waals surface area contributed by atoms with Crippen molar-refractivity contribution in [1.29, 1.82) is 0 Å². The van der Waals surface area contributed by atoms with Crippen molar-refractivity contribution in [1.82, 2.24) is 0 Å². The molecule has 1 aliphatic carbocycles. The molecule has 0 spiro atoms. The fourth-order valence-electron chi connectivity index (χ4n) is 3.38. The lowest BCUT2D eigenvalue weighted by molar-refractivity contribution is 0.0833. The third kappa shape index (κ3) is 3.17. The molecule has 0 N–H and O–H groups in total. The molecule has 0 aliphatic heterocycles. The van der Waals surface area contributed by atoms with Crippen molar-refractivity contribution in [2.45, 2.75) is 40.0 Å². The van der Waals surface area contributed by atoms with Crippen LogP contribution in [0, 0.1) is 24.7 Å². The summed E-state index contributed by atoms with van der Waals surface area (Å²) in [6.45, 7) is 6.52. The highest BCUT2D eigenvalue weighted by Gasteiger charge is 2.30. The van der Waals surface area contributed by atoms with Gasteiger partial charge in [0, 0.05) is 5.92 Å². The summed E-state index contributed by atoms with van der Waals surface area (Å²) in [6, 6.07) is 5.86. The summed E-state index contributed by atoms with van der Waals surface area (Å²) in [5.74, 6) is 2.43. The van der Waals surface area contributed by atoms with Crippen LogP contribution in [-0.2, 0) is 0 Å². The largest absolute Gasteiger partial charge is 0.496 e. The molecule has 0 aromatic heterocycles. The van der Waals surface area contributed by atoms with E-state index < -0.39 is 0 Å². The summed E-state index contributed by atoms with van der Waals surface area (Å²) in [6.07, 6.45) is 3.27. The summed E-state index contributed by atoms with van der Waals surface area (Å²) >= 11 is 0. The van der Waals surface area contributed by atoms with Gasteiger partial charge in [-0.1, -0.05) is 19.9 Å². The summed E-state index contributed by atoms with van der Waals surface area (Å²) in [5, 5.41) is 0. The van der Waals surface area contributed by atoms with E-state index in [0.717, 1.165) is 29.7 Å². The van der Waals surface area contributed by atoms with Gasteiger partial charge < -0.3 is 4.74 Å². The molecule has 2 unspecified atom stereocenters. The number of benzene rings is 1. The minimum Gasteiger partial charge on any atom is -0.496 e. The average molecular weight is 260 g/mol. The van der Waals surface area contributed by atoms with Crippen molar-refractivity contribution in [2.75, 3.05) is 7.11 Å². The summed E-state index contributed by atoms with van der Waals surface area (Å²) in [4.78, 5) is 12.7. The predicted molar refractivity (Wildman–Crippen MR) is 77.7 cm³/mol. The van der Waals surface area contributed by atoms with Crippen molar-refractivity contribution in [3.63, 3.8) is 0 Å². The Hall–Kier alpha value is -1.31. The Kier molecular flexibility index (Phi) is 4.28. The Bertz CT molecular complexity index is 454. The van der Waals surface area contributed by atoms with Crippen LogP contribution in [0.5, 0.6) is 5.75 Å². The zero-order valence-electron chi connectivity index (χ0n) is 12.4. The first kappa shape index (κ1) is 14.1. The van der Waals surface area contributed by atoms with Crippen LogP contribution in [0.4, 0.5) is 0 Å². The van der Waals surface area contributed by atoms with Crippen molar-refractivity contribution in [3.05, 3.63) is 29.3 Å². The Balaban J connectivity index is 2.24. The molecule has 0 radical (unpaired) electrons. The van der Waals surface area contributed by atoms with E-state index in [1.54, 1.807) is 7.11 Å². The van der Waals surface area contributed by atoms with Crippen LogP contribution in [0.15, 0.2) is 18.2 Å². The third-order valence-corrected chi connectivity index (χ3v) is 4.17. The van der Waals surface area contributed by atoms with Crippen molar-refractivity contribution >= 4 is 5.78 Å². The lowest BCUT2D eigenvalue weighted by atomic mass is 9.74. The summed E-state index contributed by atoms with van der Waals surface area (Å²) in [5.41, 5.74) is 1.87. The monoisotopic (exact) mass is 260 g/mol. The van der Waals surface area contributed by atoms with Crippen LogP contribution in [0.25, 0.3) is 0 Å². The molecule has 0 amide bonds. The molecule has 0 heterocycles. The number of ketones is 1. The average Bonchev–Trinajstić information content (AvgIpc) is 2.36. The zero-order chi connectivity index (χ0) is 14.0. The molecule has 2 rings (SSSR count). The number of methoxy groups -OCH3 is 1. The molecule has 2 heteroatoms. The van der Waals surface area contributed by atoms with E-state index in [1.807, 2.05) is 25.1 Å². The molecule has 1 fully saturated rings. The van der Waals surface area contributed by atoms with Crippen LogP contribution < -0.4 is 4.74 Å². The second-order valence-corrected chi connectivity index (χ2v) is 6.18. The molecule has 0 saturated heterocycles. The molecule has 2 nitrogen and oxygen atoms in total. The van der Waals surface area contributed by atoms with Gasteiger partial charge in [0.25, 0.3) is 0 Å². The maximum atomic E-state index is 12.7. The number of hydrogen-bond donors (Lipinski definition) is 0. The van der Waals surface area contributed by atoms with Gasteiger partial charge in [0.15, 0.2) is 5.78 Å². The fourth-order valence-corrected chi connectivity index (χ4v) is 3.38. The number of ether oxygens (including phenoxy) is 1. The standard InChI is InChI=1S/C17H24O2/c1-11-5-6-15(16(10-11)19-4)17(18)14-8-12(2)7-13(3)9-14/h5-6,10,12-14H,7-9H2,1-4H3. The van der Waals surface area contributed by atoms with Gasteiger partial charge in [0.2, 0.25) is 0 Å². The number of aryl methyl sites for hydroxylation is 1. The summed E-state index contributed by atoms with van der Waals surface area (Å²) < 4.78 is 5.37. The first-order valence-corrected chi connectivity index (χ1v) is 7.20. The van der Waals surface area contributed by atoms with Gasteiger partial charge >= 0.3 is 0 Å². The van der Waals surface area contributed by atoms with Crippen LogP contribution in [-0.4, -0.2) is 12.9 Å². The molecule has 1 aromatic rings. The van der Waals surface area contributed by atoms with E-state index in [4.69, 9.17) is 4.74 Å². The van der Waals surface area contributed by atoms with Crippen LogP contribution in [0.3, 0.4) is 0 Å². The van der Waals surface area contributed by atoms with Gasteiger partial charge in [-0.25, -0.2) is 0 Å². The van der Waals surface area contributed by atoms with E-state index >= 15 is 0 Å². The van der Waals surface area contributed by atoms with Gasteiger partial charge in [-0.2, -0.15) is 0 Å². The Morgan fingerprint density at radius 2 is 1.79 bits per heavy atom. The third-order valence-electron chi connectivity index (χ3n) is 4.17. The quantitative estimate of drug-likeness (QED) is 0.759. The fraction of sp³-hybridized carbons (Fsp3) is 0.588. The minimum absolute atomic E-state index is 0.162. The molecular formula is C17H24O2. The Morgan fingerprint density at radius 1 is 1.16 bits per heavy atom. The molecule has 19 heavy (non-hydrogen) atoms. The first-order chi connectivity index (χ1) is 9.01. The number of hydrogen-bond acceptors (Lipinski definition) is 2. The normalized spacial score (nSPS) is 27.1. The highest BCUT2D eigenvalue weighted by molar-refractivity contribution is 6.00. The van der Waals surface area contributed by atoms with E-state index in [9.17, 15) is 4.79 Å². The molecule has 2 atom stereocenters. The van der Waals surface area contributed by atoms with Crippen LogP contribution in [0.2, 0.25) is 0 Å². The molecule has 1 aromatic carbocycles. The van der Waals surface area contributed by atoms with Gasteiger partial charge in [0.1, 0.15) is 5.75 Å². The van der Waals surface area contributed by atoms with E-state index in [2.05, 4.69) is 13.8 Å². The highest BCUT2D eigenvalue weighted by atomic mass is 16.5. The molecular weight excluding hydrogens is 236 g/mol. The highest BCUT2D eigenvalue weighted by Crippen LogP contribution is 2.36. The number of carbonyl (C=O) groups is 1. The van der Waals surface area contributed by atoms with Crippen molar-refractivity contribution in [3.8, 4) is 5.75 Å². The maximum absolute atomic E-state index is 12.7. The number of Topliss-reactive ketones (excluding diaryl/α,β-unsaturated/α-hetero) is 1. The van der Waals surface area contributed by atoms with Crippen LogP contribution >= 0.6 is 0 Å². The van der Waals surface area contributed by atoms with E-state index in [-0.39, 0.29) is 11.7 Å². The van der Waals surface area contributed by atoms with Crippen molar-refractivity contribution < 1.29 is 9.53 Å². The first-order valence-electron chi connectivity index (χ1n) is 7.20. The van der Waals surface area contributed by atoms with Gasteiger partial charge in [-0.15, -0.1) is 0 Å². The van der Waals surface area contributed by atoms with Crippen LogP contribution in [0.1, 0.15) is 49.0 Å². The van der Waals surface area contributed by atoms with E-state index in [1.165, 1.54) is 6.42 Å². The molecule has 104 valence electrons. The topological polar surface area (TPSA) is 26.3 Å². The molecule has 1 saturated carbocycles. The van der Waals surface area contributed by atoms with Gasteiger partial charge in [-0.05, 0) is 55.7 Å². The SMILES string of the molecule is COc1cc(C)ccc1C(=O)C1CC(C)CC(C)C1. The Labute approximate surface area is 116 Å². The lowest BCUT2D eigenvalue weighted by Crippen LogP contribution is -2.26. The minimum atomic E-state index is 0.162. The molecule has 1 aliphatic rings. The maximum Gasteiger partial charge on any atom is 0.169 e. The Morgan fingerprint density at radius 3 is 2.37 bits per heavy atom. The number of carbonyl (C=O) groups excluding carboxylic acids is 1. The predicted octanol–water partition coefficient (Wildman–Crippen LogP) is 4.26. The summed E-state index contributed by atoms with van der Waals surface area (Å²) in [7, 11) is 1.64. The van der Waals surface area contributed by atoms with E-state index in [0.29, 0.717) is 11.8 Å². The van der Waals surface area contributed by atoms with Gasteiger partial charge in [0.05, 0.1) is 12.7 Å². The zero-order valence-corrected chi connectivity index (χ0v) is 12.4. The van der Waals surface area contributed by atoms with Gasteiger partial charge in [-0.3, -0.25) is 4.79 Å². The smallest absolute Gasteiger partial charge is 0.169 e.